The van der Waals surface area contributed by atoms with Crippen LogP contribution in [0.15, 0.2) is 18.2 Å². The number of nitrogen functional groups attached to an aromatic ring is 1. The first-order valence-corrected chi connectivity index (χ1v) is 4.60. The van der Waals surface area contributed by atoms with Crippen LogP contribution in [-0.2, 0) is 0 Å². The van der Waals surface area contributed by atoms with Crippen molar-refractivity contribution in [1.29, 1.82) is 5.26 Å². The van der Waals surface area contributed by atoms with E-state index in [2.05, 4.69) is 11.8 Å². The average Bonchev–Trinajstić information content (AvgIpc) is 2.26. The van der Waals surface area contributed by atoms with Gasteiger partial charge in [-0.3, -0.25) is 0 Å². The van der Waals surface area contributed by atoms with E-state index in [1.54, 1.807) is 25.1 Å². The van der Waals surface area contributed by atoms with E-state index in [-0.39, 0.29) is 0 Å². The van der Waals surface area contributed by atoms with Gasteiger partial charge in [-0.1, -0.05) is 0 Å². The largest absolute Gasteiger partial charge is 0.490 e. The van der Waals surface area contributed by atoms with Crippen LogP contribution in [0.4, 0.5) is 5.69 Å². The van der Waals surface area contributed by atoms with E-state index in [4.69, 9.17) is 15.7 Å². The predicted molar refractivity (Wildman–Crippen MR) is 59.1 cm³/mol. The van der Waals surface area contributed by atoms with Gasteiger partial charge in [-0.25, -0.2) is 0 Å². The van der Waals surface area contributed by atoms with Crippen molar-refractivity contribution in [3.8, 4) is 23.7 Å². The van der Waals surface area contributed by atoms with Gasteiger partial charge in [0.2, 0.25) is 0 Å². The third-order valence-corrected chi connectivity index (χ3v) is 1.80. The fourth-order valence-electron chi connectivity index (χ4n) is 1.09. The van der Waals surface area contributed by atoms with Gasteiger partial charge in [-0.2, -0.15) is 5.26 Å². The number of nitriles is 1. The number of hydrogen-bond donors (Lipinski definition) is 1. The Balaban J connectivity index is 2.61. The van der Waals surface area contributed by atoms with Crippen LogP contribution >= 0.6 is 0 Å². The monoisotopic (exact) mass is 200 g/mol. The van der Waals surface area contributed by atoms with Crippen LogP contribution in [0.3, 0.4) is 0 Å². The predicted octanol–water partition coefficient (Wildman–Crippen LogP) is 1.93. The number of nitrogens with zero attached hydrogens (tertiary/aromatic N) is 1. The van der Waals surface area contributed by atoms with Gasteiger partial charge in [0.15, 0.2) is 0 Å². The van der Waals surface area contributed by atoms with Crippen LogP contribution in [-0.4, -0.2) is 6.61 Å². The minimum absolute atomic E-state index is 0.485. The van der Waals surface area contributed by atoms with Gasteiger partial charge < -0.3 is 10.5 Å². The van der Waals surface area contributed by atoms with Gasteiger partial charge >= 0.3 is 0 Å². The van der Waals surface area contributed by atoms with Gasteiger partial charge in [-0.05, 0) is 25.1 Å². The van der Waals surface area contributed by atoms with E-state index >= 15 is 0 Å². The standard InChI is InChI=1S/C12H12N2O/c1-2-3-4-7-15-12-6-5-10(9-13)8-11(12)14/h5-6,8H,4,7,14H2,1H3. The van der Waals surface area contributed by atoms with Crippen molar-refractivity contribution < 1.29 is 4.74 Å². The average molecular weight is 200 g/mol. The van der Waals surface area contributed by atoms with Crippen LogP contribution < -0.4 is 10.5 Å². The topological polar surface area (TPSA) is 59.0 Å². The molecule has 1 aromatic rings. The van der Waals surface area contributed by atoms with E-state index in [9.17, 15) is 0 Å². The first-order chi connectivity index (χ1) is 7.27. The molecule has 0 aliphatic carbocycles. The maximum atomic E-state index is 8.63. The van der Waals surface area contributed by atoms with E-state index in [1.807, 2.05) is 6.07 Å². The van der Waals surface area contributed by atoms with Gasteiger partial charge in [-0.15, -0.1) is 11.8 Å². The summed E-state index contributed by atoms with van der Waals surface area (Å²) in [6.07, 6.45) is 0.677. The third-order valence-electron chi connectivity index (χ3n) is 1.80. The second-order valence-electron chi connectivity index (χ2n) is 2.89. The second-order valence-corrected chi connectivity index (χ2v) is 2.89. The van der Waals surface area contributed by atoms with Crippen LogP contribution in [0.1, 0.15) is 18.9 Å². The zero-order valence-corrected chi connectivity index (χ0v) is 8.58. The van der Waals surface area contributed by atoms with Gasteiger partial charge in [0, 0.05) is 6.42 Å². The minimum atomic E-state index is 0.485. The molecule has 0 amide bonds. The highest BCUT2D eigenvalue weighted by atomic mass is 16.5. The molecule has 0 spiro atoms. The van der Waals surface area contributed by atoms with Crippen molar-refractivity contribution in [2.75, 3.05) is 12.3 Å². The van der Waals surface area contributed by atoms with Gasteiger partial charge in [0.1, 0.15) is 5.75 Å². The molecule has 0 aromatic heterocycles. The normalized spacial score (nSPS) is 8.53. The summed E-state index contributed by atoms with van der Waals surface area (Å²) >= 11 is 0. The number of anilines is 1. The molecule has 0 aliphatic heterocycles. The Morgan fingerprint density at radius 2 is 2.27 bits per heavy atom. The number of benzene rings is 1. The van der Waals surface area contributed by atoms with Crippen molar-refractivity contribution in [3.05, 3.63) is 23.8 Å². The molecule has 1 rings (SSSR count). The molecule has 3 nitrogen and oxygen atoms in total. The van der Waals surface area contributed by atoms with Crippen molar-refractivity contribution in [2.24, 2.45) is 0 Å². The Kier molecular flexibility index (Phi) is 4.06. The fourth-order valence-corrected chi connectivity index (χ4v) is 1.09. The Morgan fingerprint density at radius 3 is 2.87 bits per heavy atom. The maximum absolute atomic E-state index is 8.63. The lowest BCUT2D eigenvalue weighted by molar-refractivity contribution is 0.329. The molecule has 0 saturated carbocycles. The zero-order chi connectivity index (χ0) is 11.1. The molecule has 0 atom stereocenters. The summed E-state index contributed by atoms with van der Waals surface area (Å²) in [6, 6.07) is 6.99. The summed E-state index contributed by atoms with van der Waals surface area (Å²) in [5.41, 5.74) is 6.72. The van der Waals surface area contributed by atoms with Crippen molar-refractivity contribution in [1.82, 2.24) is 0 Å². The number of rotatable bonds is 3. The van der Waals surface area contributed by atoms with Crippen LogP contribution in [0.2, 0.25) is 0 Å². The van der Waals surface area contributed by atoms with E-state index < -0.39 is 0 Å². The number of nitrogens with two attached hydrogens (primary N) is 1. The Labute approximate surface area is 89.5 Å². The molecule has 0 radical (unpaired) electrons. The smallest absolute Gasteiger partial charge is 0.142 e. The first-order valence-electron chi connectivity index (χ1n) is 4.60. The maximum Gasteiger partial charge on any atom is 0.142 e. The zero-order valence-electron chi connectivity index (χ0n) is 8.58. The summed E-state index contributed by atoms with van der Waals surface area (Å²) in [4.78, 5) is 0. The highest BCUT2D eigenvalue weighted by Gasteiger charge is 2.00. The Hall–Kier alpha value is -2.13. The Morgan fingerprint density at radius 1 is 1.47 bits per heavy atom. The first kappa shape index (κ1) is 10.9. The molecule has 0 heterocycles. The molecule has 0 fully saturated rings. The molecule has 0 unspecified atom stereocenters. The summed E-state index contributed by atoms with van der Waals surface area (Å²) in [7, 11) is 0. The summed E-state index contributed by atoms with van der Waals surface area (Å²) in [5, 5.41) is 8.63. The molecular formula is C12H12N2O. The SMILES string of the molecule is CC#CCCOc1ccc(C#N)cc1N. The molecule has 0 aliphatic rings. The summed E-state index contributed by atoms with van der Waals surface area (Å²) < 4.78 is 5.40. The second kappa shape index (κ2) is 5.57. The van der Waals surface area contributed by atoms with E-state index in [0.29, 0.717) is 30.0 Å². The van der Waals surface area contributed by atoms with Crippen LogP contribution in [0.5, 0.6) is 5.75 Å². The lowest BCUT2D eigenvalue weighted by Crippen LogP contribution is -1.99. The molecule has 76 valence electrons. The fraction of sp³-hybridized carbons (Fsp3) is 0.250. The summed E-state index contributed by atoms with van der Waals surface area (Å²) in [6.45, 7) is 2.30. The highest BCUT2D eigenvalue weighted by Crippen LogP contribution is 2.22. The molecule has 0 saturated heterocycles. The lowest BCUT2D eigenvalue weighted by atomic mass is 10.2. The van der Waals surface area contributed by atoms with E-state index in [1.165, 1.54) is 0 Å². The Bertz CT molecular complexity index is 435. The highest BCUT2D eigenvalue weighted by molar-refractivity contribution is 5.56. The summed E-state index contributed by atoms with van der Waals surface area (Å²) in [5.74, 6) is 6.28. The number of ether oxygens (including phenoxy) is 1. The van der Waals surface area contributed by atoms with Crippen LogP contribution in [0, 0.1) is 23.2 Å². The van der Waals surface area contributed by atoms with Crippen molar-refractivity contribution in [2.45, 2.75) is 13.3 Å². The molecule has 3 heteroatoms. The molecule has 2 N–H and O–H groups in total. The van der Waals surface area contributed by atoms with E-state index in [0.717, 1.165) is 0 Å². The third kappa shape index (κ3) is 3.25. The van der Waals surface area contributed by atoms with Gasteiger partial charge in [0.25, 0.3) is 0 Å². The van der Waals surface area contributed by atoms with Crippen molar-refractivity contribution in [3.63, 3.8) is 0 Å². The molecule has 1 aromatic carbocycles. The van der Waals surface area contributed by atoms with Gasteiger partial charge in [0.05, 0.1) is 23.9 Å². The minimum Gasteiger partial charge on any atom is -0.490 e. The molecule has 15 heavy (non-hydrogen) atoms. The molecular weight excluding hydrogens is 188 g/mol. The lowest BCUT2D eigenvalue weighted by Gasteiger charge is -2.06. The quantitative estimate of drug-likeness (QED) is 0.460. The van der Waals surface area contributed by atoms with Crippen LogP contribution in [0.25, 0.3) is 0 Å². The van der Waals surface area contributed by atoms with Crippen molar-refractivity contribution >= 4 is 5.69 Å². The molecule has 0 bridgehead atoms. The number of hydrogen-bond acceptors (Lipinski definition) is 3.